The second kappa shape index (κ2) is 10.8. The minimum Gasteiger partial charge on any atom is -0.219 e. The van der Waals surface area contributed by atoms with Gasteiger partial charge in [0.25, 0.3) is 0 Å². The Bertz CT molecular complexity index is 2280. The summed E-state index contributed by atoms with van der Waals surface area (Å²) in [4.78, 5) is -1.07. The van der Waals surface area contributed by atoms with Crippen LogP contribution in [0.2, 0.25) is 0 Å². The third-order valence-electron chi connectivity index (χ3n) is 9.34. The summed E-state index contributed by atoms with van der Waals surface area (Å²) in [5.41, 5.74) is -4.12. The number of aryl methyl sites for hydroxylation is 2. The van der Waals surface area contributed by atoms with Crippen molar-refractivity contribution in [3.05, 3.63) is 103 Å². The molecule has 2 aromatic heterocycles. The average Bonchev–Trinajstić information content (AvgIpc) is 3.78. The molecule has 14 heteroatoms. The third-order valence-corrected chi connectivity index (χ3v) is 15.6. The van der Waals surface area contributed by atoms with E-state index in [9.17, 15) is 16.8 Å². The Morgan fingerprint density at radius 2 is 0.959 bits per heavy atom. The Kier molecular flexibility index (Phi) is 7.48. The lowest BCUT2D eigenvalue weighted by Gasteiger charge is -2.26. The highest BCUT2D eigenvalue weighted by molar-refractivity contribution is 7.96. The molecule has 0 radical (unpaired) electrons. The molecule has 49 heavy (non-hydrogen) atoms. The molecule has 4 aromatic rings. The first-order valence-electron chi connectivity index (χ1n) is 15.1. The fourth-order valence-electron chi connectivity index (χ4n) is 7.03. The van der Waals surface area contributed by atoms with Gasteiger partial charge in [-0.1, -0.05) is 38.1 Å². The predicted octanol–water partition coefficient (Wildman–Crippen LogP) is 10.5. The number of halogens is 6. The molecule has 2 aliphatic heterocycles. The van der Waals surface area contributed by atoms with Crippen LogP contribution in [-0.2, 0) is 19.7 Å². The van der Waals surface area contributed by atoms with Gasteiger partial charge in [0.15, 0.2) is 0 Å². The van der Waals surface area contributed by atoms with Crippen LogP contribution in [0.3, 0.4) is 0 Å². The molecule has 7 rings (SSSR count). The van der Waals surface area contributed by atoms with Crippen molar-refractivity contribution in [2.24, 2.45) is 0 Å². The standard InChI is InChI=1S/C35H26F6O4S4/c1-5-23-27(21-9-7-19(15-25(21)48(23,42)43)31-17(3)11-13-46-31)29-30(34(38,39)35(40,41)33(29,36)37)28-22-10-8-20(32-18(4)12-14-47-32)16-26(22)49(44,45)24(28)6-2/h7-16H,5-6H2,1-4H3. The Labute approximate surface area is 287 Å². The Balaban J connectivity index is 1.58. The van der Waals surface area contributed by atoms with Crippen molar-refractivity contribution in [1.82, 2.24) is 0 Å². The van der Waals surface area contributed by atoms with E-state index in [1.165, 1.54) is 72.9 Å². The van der Waals surface area contributed by atoms with Crippen molar-refractivity contribution >= 4 is 53.5 Å². The first-order valence-corrected chi connectivity index (χ1v) is 19.8. The molecule has 0 amide bonds. The smallest absolute Gasteiger partial charge is 0.219 e. The fraction of sp³-hybridized carbons (Fsp3) is 0.257. The number of sulfone groups is 2. The number of rotatable bonds is 6. The maximum Gasteiger partial charge on any atom is 0.380 e. The van der Waals surface area contributed by atoms with Crippen LogP contribution in [0.5, 0.6) is 0 Å². The fourth-order valence-corrected chi connectivity index (χ4v) is 12.6. The number of thiophene rings is 2. The van der Waals surface area contributed by atoms with E-state index in [4.69, 9.17) is 0 Å². The summed E-state index contributed by atoms with van der Waals surface area (Å²) in [5, 5.41) is 3.54. The highest BCUT2D eigenvalue weighted by Gasteiger charge is 2.81. The van der Waals surface area contributed by atoms with Gasteiger partial charge in [-0.05, 0) is 84.0 Å². The topological polar surface area (TPSA) is 68.3 Å². The van der Waals surface area contributed by atoms with Crippen molar-refractivity contribution < 1.29 is 43.2 Å². The maximum absolute atomic E-state index is 16.3. The monoisotopic (exact) mass is 752 g/mol. The van der Waals surface area contributed by atoms with Crippen LogP contribution >= 0.6 is 22.7 Å². The first kappa shape index (κ1) is 34.0. The zero-order valence-electron chi connectivity index (χ0n) is 26.2. The molecule has 4 nitrogen and oxygen atoms in total. The van der Waals surface area contributed by atoms with Gasteiger partial charge in [0.1, 0.15) is 0 Å². The van der Waals surface area contributed by atoms with Gasteiger partial charge in [0.05, 0.1) is 19.6 Å². The van der Waals surface area contributed by atoms with Gasteiger partial charge in [-0.2, -0.15) is 26.3 Å². The molecular formula is C35H26F6O4S4. The van der Waals surface area contributed by atoms with Crippen LogP contribution in [0.25, 0.3) is 32.0 Å². The van der Waals surface area contributed by atoms with E-state index in [0.717, 1.165) is 11.1 Å². The molecule has 0 spiro atoms. The summed E-state index contributed by atoms with van der Waals surface area (Å²) in [6.45, 7) is 6.16. The zero-order chi connectivity index (χ0) is 35.6. The predicted molar refractivity (Wildman–Crippen MR) is 180 cm³/mol. The highest BCUT2D eigenvalue weighted by atomic mass is 32.2. The summed E-state index contributed by atoms with van der Waals surface area (Å²) < 4.78 is 152. The molecule has 0 atom stereocenters. The normalized spacial score (nSPS) is 21.1. The Morgan fingerprint density at radius 3 is 1.27 bits per heavy atom. The minimum atomic E-state index is -6.04. The Morgan fingerprint density at radius 1 is 0.592 bits per heavy atom. The third kappa shape index (κ3) is 4.32. The lowest BCUT2D eigenvalue weighted by atomic mass is 9.86. The highest BCUT2D eigenvalue weighted by Crippen LogP contribution is 2.67. The number of fused-ring (bicyclic) bond motifs is 2. The largest absolute Gasteiger partial charge is 0.380 e. The van der Waals surface area contributed by atoms with E-state index >= 15 is 26.3 Å². The number of benzene rings is 2. The lowest BCUT2D eigenvalue weighted by Crippen LogP contribution is -2.49. The van der Waals surface area contributed by atoms with E-state index in [1.54, 1.807) is 36.7 Å². The zero-order valence-corrected chi connectivity index (χ0v) is 29.5. The Hall–Kier alpha value is -3.46. The minimum absolute atomic E-state index is 0.415. The molecule has 0 N–H and O–H groups in total. The van der Waals surface area contributed by atoms with Crippen molar-refractivity contribution in [3.63, 3.8) is 0 Å². The van der Waals surface area contributed by atoms with Gasteiger partial charge in [0, 0.05) is 43.2 Å². The van der Waals surface area contributed by atoms with Gasteiger partial charge in [-0.3, -0.25) is 0 Å². The molecule has 0 saturated heterocycles. The maximum atomic E-state index is 16.3. The molecule has 0 saturated carbocycles. The van der Waals surface area contributed by atoms with Gasteiger partial charge >= 0.3 is 17.8 Å². The molecule has 0 fully saturated rings. The van der Waals surface area contributed by atoms with Gasteiger partial charge < -0.3 is 0 Å². The molecule has 4 heterocycles. The first-order chi connectivity index (χ1) is 22.8. The van der Waals surface area contributed by atoms with Crippen LogP contribution in [0.15, 0.2) is 90.0 Å². The lowest BCUT2D eigenvalue weighted by molar-refractivity contribution is -0.263. The summed E-state index contributed by atoms with van der Waals surface area (Å²) in [6.07, 6.45) is -0.969. The number of hydrogen-bond acceptors (Lipinski definition) is 6. The summed E-state index contributed by atoms with van der Waals surface area (Å²) in [5.74, 6) is -17.2. The van der Waals surface area contributed by atoms with Crippen molar-refractivity contribution in [2.75, 3.05) is 0 Å². The molecule has 256 valence electrons. The van der Waals surface area contributed by atoms with Crippen LogP contribution < -0.4 is 0 Å². The molecule has 3 aliphatic rings. The van der Waals surface area contributed by atoms with Crippen molar-refractivity contribution in [3.8, 4) is 20.9 Å². The van der Waals surface area contributed by atoms with Crippen molar-refractivity contribution in [1.29, 1.82) is 0 Å². The van der Waals surface area contributed by atoms with E-state index in [1.807, 2.05) is 0 Å². The van der Waals surface area contributed by atoms with E-state index in [2.05, 4.69) is 0 Å². The number of alkyl halides is 6. The molecule has 2 aromatic carbocycles. The van der Waals surface area contributed by atoms with Crippen LogP contribution in [0.1, 0.15) is 48.9 Å². The van der Waals surface area contributed by atoms with Gasteiger partial charge in [-0.15, -0.1) is 22.7 Å². The van der Waals surface area contributed by atoms with Crippen LogP contribution in [-0.4, -0.2) is 34.6 Å². The average molecular weight is 753 g/mol. The second-order valence-electron chi connectivity index (χ2n) is 12.1. The molecule has 1 aliphatic carbocycles. The van der Waals surface area contributed by atoms with Crippen LogP contribution in [0, 0.1) is 13.8 Å². The summed E-state index contributed by atoms with van der Waals surface area (Å²) >= 11 is 2.59. The van der Waals surface area contributed by atoms with Crippen molar-refractivity contribution in [2.45, 2.75) is 68.1 Å². The van der Waals surface area contributed by atoms with Crippen LogP contribution in [0.4, 0.5) is 26.3 Å². The quantitative estimate of drug-likeness (QED) is 0.184. The molecule has 0 bridgehead atoms. The number of allylic oxidation sites excluding steroid dienone is 6. The molecular weight excluding hydrogens is 727 g/mol. The van der Waals surface area contributed by atoms with Gasteiger partial charge in [0.2, 0.25) is 19.7 Å². The second-order valence-corrected chi connectivity index (χ2v) is 17.8. The van der Waals surface area contributed by atoms with Gasteiger partial charge in [-0.25, -0.2) is 16.8 Å². The molecule has 0 unspecified atom stereocenters. The summed E-state index contributed by atoms with van der Waals surface area (Å²) in [6, 6.07) is 11.2. The van der Waals surface area contributed by atoms with E-state index in [-0.39, 0.29) is 0 Å². The number of hydrogen-bond donors (Lipinski definition) is 0. The summed E-state index contributed by atoms with van der Waals surface area (Å²) in [7, 11) is -9.25. The SMILES string of the molecule is CCC1=C(C2=C(C3=C(CC)S(=O)(=O)c4cc(-c5sccc5C)ccc43)C(F)(F)C(F)(F)C2(F)F)c2ccc(-c3sccc3C)cc2S1(=O)=O. The van der Waals surface area contributed by atoms with E-state index in [0.29, 0.717) is 20.9 Å². The van der Waals surface area contributed by atoms with E-state index < -0.39 is 103 Å².